The second kappa shape index (κ2) is 12.8. The highest BCUT2D eigenvalue weighted by Gasteiger charge is 2.21. The maximum absolute atomic E-state index is 13.9. The summed E-state index contributed by atoms with van der Waals surface area (Å²) < 4.78 is 13.9. The van der Waals surface area contributed by atoms with E-state index in [-0.39, 0.29) is 29.4 Å². The molecule has 4 aromatic rings. The molecule has 0 aliphatic heterocycles. The molecular weight excluding hydrogens is 542 g/mol. The molecule has 2 aromatic carbocycles. The van der Waals surface area contributed by atoms with E-state index in [2.05, 4.69) is 27.4 Å². The second-order valence-electron chi connectivity index (χ2n) is 7.98. The van der Waals surface area contributed by atoms with E-state index >= 15 is 0 Å². The average Bonchev–Trinajstić information content (AvgIpc) is 3.39. The van der Waals surface area contributed by atoms with Crippen molar-refractivity contribution in [1.82, 2.24) is 9.97 Å². The first-order valence-corrected chi connectivity index (χ1v) is 14.4. The van der Waals surface area contributed by atoms with Crippen LogP contribution in [0.25, 0.3) is 11.1 Å². The van der Waals surface area contributed by atoms with Crippen molar-refractivity contribution in [1.29, 1.82) is 10.5 Å². The topological polar surface area (TPSA) is 152 Å². The van der Waals surface area contributed by atoms with Crippen LogP contribution in [0.5, 0.6) is 0 Å². The van der Waals surface area contributed by atoms with Crippen LogP contribution in [-0.4, -0.2) is 39.1 Å². The molecule has 2 heterocycles. The number of nitrogens with two attached hydrogens (primary N) is 1. The van der Waals surface area contributed by atoms with Crippen LogP contribution >= 0.6 is 31.7 Å². The van der Waals surface area contributed by atoms with Crippen LogP contribution < -0.4 is 16.4 Å². The highest BCUT2D eigenvalue weighted by molar-refractivity contribution is 7.98. The van der Waals surface area contributed by atoms with Gasteiger partial charge in [0.05, 0.1) is 29.7 Å². The summed E-state index contributed by atoms with van der Waals surface area (Å²) in [5.74, 6) is 0.0364. The zero-order valence-electron chi connectivity index (χ0n) is 19.8. The number of aromatic nitrogens is 2. The molecule has 192 valence electrons. The van der Waals surface area contributed by atoms with Gasteiger partial charge in [-0.3, -0.25) is 0 Å². The van der Waals surface area contributed by atoms with E-state index in [0.717, 1.165) is 5.30 Å². The number of nitrogens with one attached hydrogen (secondary N) is 1. The molecule has 0 saturated carbocycles. The van der Waals surface area contributed by atoms with Gasteiger partial charge in [-0.1, -0.05) is 56.7 Å². The number of aliphatic hydroxyl groups is 2. The van der Waals surface area contributed by atoms with Crippen LogP contribution in [0.1, 0.15) is 16.8 Å². The van der Waals surface area contributed by atoms with Gasteiger partial charge in [-0.15, -0.1) is 11.3 Å². The monoisotopic (exact) mass is 564 g/mol. The lowest BCUT2D eigenvalue weighted by molar-refractivity contribution is 0.113. The predicted octanol–water partition coefficient (Wildman–Crippen LogP) is 4.36. The van der Waals surface area contributed by atoms with Gasteiger partial charge in [-0.25, -0.2) is 14.4 Å². The van der Waals surface area contributed by atoms with Gasteiger partial charge < -0.3 is 21.3 Å². The minimum absolute atomic E-state index is 0.0289. The number of benzene rings is 2. The number of anilines is 3. The lowest BCUT2D eigenvalue weighted by atomic mass is 9.97. The molecule has 0 spiro atoms. The van der Waals surface area contributed by atoms with Crippen molar-refractivity contribution >= 4 is 53.6 Å². The largest absolute Gasteiger partial charge is 0.394 e. The number of rotatable bonds is 10. The molecule has 12 heteroatoms. The first-order valence-electron chi connectivity index (χ1n) is 11.3. The summed E-state index contributed by atoms with van der Waals surface area (Å²) in [6.07, 6.45) is -0.327. The van der Waals surface area contributed by atoms with Crippen LogP contribution in [0, 0.1) is 28.5 Å². The maximum Gasteiger partial charge on any atom is 0.187 e. The molecule has 0 aliphatic rings. The molecule has 5 N–H and O–H groups in total. The molecule has 0 bridgehead atoms. The Kier molecular flexibility index (Phi) is 9.24. The molecule has 0 fully saturated rings. The molecular formula is C26H22FN6O2PS2. The third-order valence-corrected chi connectivity index (χ3v) is 8.60. The number of hydrogen-bond acceptors (Lipinski definition) is 10. The Balaban J connectivity index is 1.56. The molecule has 2 atom stereocenters. The number of thiazole rings is 1. The Labute approximate surface area is 228 Å². The standard InChI is InChI=1S/C26H22FN6O2PS2/c27-21-3-1-2-4-22(21)32-26-31-16(14-38-26)13-37-25-20(10-29)23(19(9-28)24(30)33-25)15-5-7-18(8-6-15)36-12-17(35)11-34/h1-8,14,17,34-36H,11-13H2,(H2,30,33)(H,31,32). The number of pyridine rings is 1. The van der Waals surface area contributed by atoms with Crippen LogP contribution in [0.15, 0.2) is 58.9 Å². The molecule has 2 unspecified atom stereocenters. The lowest BCUT2D eigenvalue weighted by Gasteiger charge is -2.13. The normalized spacial score (nSPS) is 11.8. The van der Waals surface area contributed by atoms with Crippen LogP contribution in [0.2, 0.25) is 0 Å². The fourth-order valence-electron chi connectivity index (χ4n) is 3.50. The Morgan fingerprint density at radius 2 is 1.84 bits per heavy atom. The fourth-order valence-corrected chi connectivity index (χ4v) is 6.22. The van der Waals surface area contributed by atoms with E-state index in [0.29, 0.717) is 53.2 Å². The molecule has 4 rings (SSSR count). The van der Waals surface area contributed by atoms with Gasteiger partial charge in [0, 0.05) is 16.7 Å². The van der Waals surface area contributed by atoms with Crippen molar-refractivity contribution in [3.63, 3.8) is 0 Å². The predicted molar refractivity (Wildman–Crippen MR) is 151 cm³/mol. The summed E-state index contributed by atoms with van der Waals surface area (Å²) in [5.41, 5.74) is 8.60. The highest BCUT2D eigenvalue weighted by Crippen LogP contribution is 2.37. The van der Waals surface area contributed by atoms with Gasteiger partial charge >= 0.3 is 0 Å². The zero-order chi connectivity index (χ0) is 27.1. The van der Waals surface area contributed by atoms with Gasteiger partial charge in [0.1, 0.15) is 34.4 Å². The van der Waals surface area contributed by atoms with Crippen LogP contribution in [-0.2, 0) is 5.75 Å². The number of nitrogen functional groups attached to an aromatic ring is 1. The van der Waals surface area contributed by atoms with Crippen LogP contribution in [0.3, 0.4) is 0 Å². The quantitative estimate of drug-likeness (QED) is 0.163. The summed E-state index contributed by atoms with van der Waals surface area (Å²) in [6, 6.07) is 17.9. The van der Waals surface area contributed by atoms with Crippen molar-refractivity contribution in [2.24, 2.45) is 0 Å². The first kappa shape index (κ1) is 27.5. The zero-order valence-corrected chi connectivity index (χ0v) is 22.5. The summed E-state index contributed by atoms with van der Waals surface area (Å²) in [5, 5.41) is 45.1. The minimum atomic E-state index is -0.771. The first-order chi connectivity index (χ1) is 18.4. The number of thioether (sulfide) groups is 1. The Morgan fingerprint density at radius 1 is 1.11 bits per heavy atom. The molecule has 8 nitrogen and oxygen atoms in total. The Hall–Kier alpha value is -3.57. The molecule has 38 heavy (non-hydrogen) atoms. The Morgan fingerprint density at radius 3 is 2.53 bits per heavy atom. The van der Waals surface area contributed by atoms with Crippen molar-refractivity contribution in [3.05, 3.63) is 76.5 Å². The van der Waals surface area contributed by atoms with E-state index in [1.807, 2.05) is 17.5 Å². The van der Waals surface area contributed by atoms with Crippen molar-refractivity contribution < 1.29 is 14.6 Å². The van der Waals surface area contributed by atoms with E-state index in [9.17, 15) is 20.0 Å². The maximum atomic E-state index is 13.9. The third-order valence-electron chi connectivity index (χ3n) is 5.37. The minimum Gasteiger partial charge on any atom is -0.394 e. The van der Waals surface area contributed by atoms with Crippen molar-refractivity contribution in [3.8, 4) is 23.3 Å². The highest BCUT2D eigenvalue weighted by atomic mass is 32.2. The number of aliphatic hydroxyl groups excluding tert-OH is 2. The smallest absolute Gasteiger partial charge is 0.187 e. The number of nitrogens with zero attached hydrogens (tertiary/aromatic N) is 4. The molecule has 2 aromatic heterocycles. The molecule has 0 amide bonds. The number of halogens is 1. The van der Waals surface area contributed by atoms with Gasteiger partial charge in [-0.2, -0.15) is 10.5 Å². The van der Waals surface area contributed by atoms with E-state index in [1.54, 1.807) is 30.3 Å². The number of nitriles is 2. The van der Waals surface area contributed by atoms with Crippen molar-refractivity contribution in [2.75, 3.05) is 23.8 Å². The molecule has 0 radical (unpaired) electrons. The Bertz CT molecular complexity index is 1520. The molecule has 0 aliphatic carbocycles. The summed E-state index contributed by atoms with van der Waals surface area (Å²) in [4.78, 5) is 8.83. The van der Waals surface area contributed by atoms with Gasteiger partial charge in [0.25, 0.3) is 0 Å². The summed E-state index contributed by atoms with van der Waals surface area (Å²) in [6.45, 7) is -0.289. The van der Waals surface area contributed by atoms with E-state index < -0.39 is 6.10 Å². The lowest BCUT2D eigenvalue weighted by Crippen LogP contribution is -2.15. The fraction of sp³-hybridized carbons (Fsp3) is 0.154. The molecule has 0 saturated heterocycles. The van der Waals surface area contributed by atoms with Crippen molar-refractivity contribution in [2.45, 2.75) is 16.9 Å². The van der Waals surface area contributed by atoms with Crippen LogP contribution in [0.4, 0.5) is 21.0 Å². The second-order valence-corrected chi connectivity index (χ2v) is 11.1. The van der Waals surface area contributed by atoms with E-state index in [4.69, 9.17) is 10.8 Å². The van der Waals surface area contributed by atoms with Gasteiger partial charge in [0.15, 0.2) is 5.13 Å². The summed E-state index contributed by atoms with van der Waals surface area (Å²) in [7, 11) is 0.299. The third kappa shape index (κ3) is 6.46. The number of para-hydroxylation sites is 1. The SMILES string of the molecule is N#Cc1c(N)nc(SCc2csc(Nc3ccccc3F)n2)c(C#N)c1-c1ccc(PCC(O)CO)cc1. The average molecular weight is 565 g/mol. The summed E-state index contributed by atoms with van der Waals surface area (Å²) >= 11 is 2.61. The van der Waals surface area contributed by atoms with E-state index in [1.165, 1.54) is 29.2 Å². The number of hydrogen-bond donors (Lipinski definition) is 4. The van der Waals surface area contributed by atoms with Gasteiger partial charge in [0.2, 0.25) is 0 Å². The van der Waals surface area contributed by atoms with Gasteiger partial charge in [-0.05, 0) is 29.2 Å².